The van der Waals surface area contributed by atoms with Gasteiger partial charge in [0.05, 0.1) is 16.9 Å². The molecular formula is C39H33NO2. The number of nitrogens with zero attached hydrogens (tertiary/aromatic N) is 1. The highest BCUT2D eigenvalue weighted by Gasteiger charge is 2.37. The molecule has 0 saturated heterocycles. The minimum atomic E-state index is -0.189. The van der Waals surface area contributed by atoms with Gasteiger partial charge in [-0.3, -0.25) is 9.59 Å². The Bertz CT molecular complexity index is 1870. The molecule has 0 radical (unpaired) electrons. The second kappa shape index (κ2) is 9.66. The van der Waals surface area contributed by atoms with Gasteiger partial charge in [0.25, 0.3) is 0 Å². The fourth-order valence-electron chi connectivity index (χ4n) is 6.85. The standard InChI is InChI=1S/C39H33NO2/c1-5-24-23-36(40-34-17-11-9-15-32(34)39(3,4)33-16-10-12-18-35(33)40)25(6-2)19-28(24)22-31-37(41)29-20-26-13-7-8-14-27(26)21-30(29)38(31)42/h7-23H,5-6H2,1-4H3. The summed E-state index contributed by atoms with van der Waals surface area (Å²) >= 11 is 0. The van der Waals surface area contributed by atoms with Crippen LogP contribution in [-0.4, -0.2) is 11.6 Å². The van der Waals surface area contributed by atoms with Gasteiger partial charge in [-0.25, -0.2) is 0 Å². The maximum Gasteiger partial charge on any atom is 0.197 e. The van der Waals surface area contributed by atoms with Crippen molar-refractivity contribution < 1.29 is 9.59 Å². The van der Waals surface area contributed by atoms with Crippen molar-refractivity contribution in [1.82, 2.24) is 0 Å². The van der Waals surface area contributed by atoms with Gasteiger partial charge in [-0.2, -0.15) is 0 Å². The van der Waals surface area contributed by atoms with Crippen LogP contribution >= 0.6 is 0 Å². The van der Waals surface area contributed by atoms with Crippen LogP contribution in [0.3, 0.4) is 0 Å². The summed E-state index contributed by atoms with van der Waals surface area (Å²) in [6.45, 7) is 8.90. The van der Waals surface area contributed by atoms with Gasteiger partial charge in [-0.15, -0.1) is 0 Å². The van der Waals surface area contributed by atoms with Crippen molar-refractivity contribution in [1.29, 1.82) is 0 Å². The number of rotatable bonds is 4. The van der Waals surface area contributed by atoms with Crippen LogP contribution in [0.1, 0.15) is 76.2 Å². The zero-order chi connectivity index (χ0) is 29.2. The number of Topliss-reactive ketones (excluding diaryl/α,β-unsaturated/α-hetero) is 2. The lowest BCUT2D eigenvalue weighted by Gasteiger charge is -2.42. The number of hydrogen-bond acceptors (Lipinski definition) is 3. The van der Waals surface area contributed by atoms with Crippen LogP contribution in [0, 0.1) is 0 Å². The third-order valence-corrected chi connectivity index (χ3v) is 9.14. The highest BCUT2D eigenvalue weighted by molar-refractivity contribution is 6.42. The van der Waals surface area contributed by atoms with Gasteiger partial charge in [-0.1, -0.05) is 88.4 Å². The Hall–Kier alpha value is -4.76. The summed E-state index contributed by atoms with van der Waals surface area (Å²) in [5.41, 5.74) is 10.4. The largest absolute Gasteiger partial charge is 0.310 e. The predicted molar refractivity (Wildman–Crippen MR) is 173 cm³/mol. The molecule has 0 saturated carbocycles. The summed E-state index contributed by atoms with van der Waals surface area (Å²) in [5.74, 6) is -0.378. The number of para-hydroxylation sites is 2. The van der Waals surface area contributed by atoms with Crippen LogP contribution in [0.4, 0.5) is 17.1 Å². The smallest absolute Gasteiger partial charge is 0.197 e. The number of carbonyl (C=O) groups is 2. The number of allylic oxidation sites excluding steroid dienone is 1. The molecule has 0 spiro atoms. The third-order valence-electron chi connectivity index (χ3n) is 9.14. The van der Waals surface area contributed by atoms with E-state index < -0.39 is 0 Å². The van der Waals surface area contributed by atoms with Gasteiger partial charge in [0.1, 0.15) is 0 Å². The Morgan fingerprint density at radius 3 is 1.64 bits per heavy atom. The van der Waals surface area contributed by atoms with E-state index in [0.29, 0.717) is 11.1 Å². The second-order valence-corrected chi connectivity index (χ2v) is 11.8. The van der Waals surface area contributed by atoms with Crippen molar-refractivity contribution in [2.24, 2.45) is 0 Å². The molecule has 5 aromatic carbocycles. The zero-order valence-electron chi connectivity index (χ0n) is 24.5. The summed E-state index contributed by atoms with van der Waals surface area (Å²) in [6.07, 6.45) is 3.42. The average Bonchev–Trinajstić information content (AvgIpc) is 3.24. The van der Waals surface area contributed by atoms with Crippen molar-refractivity contribution >= 4 is 45.5 Å². The molecule has 0 aromatic heterocycles. The first kappa shape index (κ1) is 26.2. The van der Waals surface area contributed by atoms with Crippen molar-refractivity contribution in [2.75, 3.05) is 4.90 Å². The average molecular weight is 548 g/mol. The lowest BCUT2D eigenvalue weighted by molar-refractivity contribution is 0.0990. The SMILES string of the molecule is CCc1cc(N2c3ccccc3C(C)(C)c3ccccc32)c(CC)cc1C=C1C(=O)c2cc3ccccc3cc2C1=O. The molecule has 1 heterocycles. The van der Waals surface area contributed by atoms with Gasteiger partial charge in [0.2, 0.25) is 0 Å². The number of fused-ring (bicyclic) bond motifs is 4. The summed E-state index contributed by atoms with van der Waals surface area (Å²) < 4.78 is 0. The first-order valence-corrected chi connectivity index (χ1v) is 14.8. The van der Waals surface area contributed by atoms with E-state index in [9.17, 15) is 9.59 Å². The zero-order valence-corrected chi connectivity index (χ0v) is 24.5. The molecule has 0 atom stereocenters. The molecular weight excluding hydrogens is 514 g/mol. The molecule has 206 valence electrons. The topological polar surface area (TPSA) is 37.4 Å². The van der Waals surface area contributed by atoms with Gasteiger partial charge in [-0.05, 0) is 93.9 Å². The monoisotopic (exact) mass is 547 g/mol. The van der Waals surface area contributed by atoms with Crippen molar-refractivity contribution in [3.63, 3.8) is 0 Å². The lowest BCUT2D eigenvalue weighted by Crippen LogP contribution is -2.31. The molecule has 42 heavy (non-hydrogen) atoms. The summed E-state index contributed by atoms with van der Waals surface area (Å²) in [7, 11) is 0. The predicted octanol–water partition coefficient (Wildman–Crippen LogP) is 9.54. The third kappa shape index (κ3) is 3.80. The number of carbonyl (C=O) groups excluding carboxylic acids is 2. The maximum atomic E-state index is 13.6. The molecule has 0 N–H and O–H groups in total. The van der Waals surface area contributed by atoms with E-state index in [2.05, 4.69) is 93.3 Å². The normalized spacial score (nSPS) is 15.0. The van der Waals surface area contributed by atoms with Gasteiger partial charge >= 0.3 is 0 Å². The highest BCUT2D eigenvalue weighted by atomic mass is 16.2. The molecule has 5 aromatic rings. The molecule has 0 fully saturated rings. The Kier molecular flexibility index (Phi) is 6.02. The maximum absolute atomic E-state index is 13.6. The second-order valence-electron chi connectivity index (χ2n) is 11.8. The summed E-state index contributed by atoms with van der Waals surface area (Å²) in [6, 6.07) is 33.4. The van der Waals surface area contributed by atoms with Crippen LogP contribution < -0.4 is 4.90 Å². The van der Waals surface area contributed by atoms with Gasteiger partial charge < -0.3 is 4.90 Å². The lowest BCUT2D eigenvalue weighted by atomic mass is 9.73. The molecule has 0 unspecified atom stereocenters. The quantitative estimate of drug-likeness (QED) is 0.166. The van der Waals surface area contributed by atoms with E-state index in [0.717, 1.165) is 40.4 Å². The van der Waals surface area contributed by atoms with Gasteiger partial charge in [0.15, 0.2) is 11.6 Å². The van der Waals surface area contributed by atoms with Crippen LogP contribution in [0.2, 0.25) is 0 Å². The summed E-state index contributed by atoms with van der Waals surface area (Å²) in [5, 5.41) is 1.94. The molecule has 0 bridgehead atoms. The Balaban J connectivity index is 1.39. The summed E-state index contributed by atoms with van der Waals surface area (Å²) in [4.78, 5) is 29.5. The Labute approximate surface area is 247 Å². The number of hydrogen-bond donors (Lipinski definition) is 0. The van der Waals surface area contributed by atoms with E-state index in [1.54, 1.807) is 0 Å². The highest BCUT2D eigenvalue weighted by Crippen LogP contribution is 2.52. The van der Waals surface area contributed by atoms with E-state index in [1.165, 1.54) is 28.1 Å². The van der Waals surface area contributed by atoms with Crippen LogP contribution in [0.25, 0.3) is 16.8 Å². The van der Waals surface area contributed by atoms with Crippen LogP contribution in [0.15, 0.2) is 103 Å². The molecule has 2 aliphatic rings. The first-order chi connectivity index (χ1) is 20.3. The van der Waals surface area contributed by atoms with Crippen molar-refractivity contribution in [3.8, 4) is 0 Å². The number of anilines is 3. The minimum Gasteiger partial charge on any atom is -0.310 e. The molecule has 1 aliphatic carbocycles. The Morgan fingerprint density at radius 1 is 0.619 bits per heavy atom. The van der Waals surface area contributed by atoms with E-state index in [4.69, 9.17) is 0 Å². The van der Waals surface area contributed by atoms with E-state index in [1.807, 2.05) is 42.5 Å². The molecule has 3 heteroatoms. The minimum absolute atomic E-state index is 0.128. The molecule has 1 aliphatic heterocycles. The fraction of sp³-hybridized carbons (Fsp3) is 0.179. The number of benzene rings is 5. The number of ketones is 2. The van der Waals surface area contributed by atoms with Crippen molar-refractivity contribution in [3.05, 3.63) is 142 Å². The first-order valence-electron chi connectivity index (χ1n) is 14.8. The van der Waals surface area contributed by atoms with E-state index >= 15 is 0 Å². The molecule has 3 nitrogen and oxygen atoms in total. The molecule has 0 amide bonds. The van der Waals surface area contributed by atoms with Crippen molar-refractivity contribution in [2.45, 2.75) is 46.0 Å². The Morgan fingerprint density at radius 2 is 1.12 bits per heavy atom. The molecule has 7 rings (SSSR count). The number of aryl methyl sites for hydroxylation is 2. The van der Waals surface area contributed by atoms with E-state index in [-0.39, 0.29) is 22.6 Å². The van der Waals surface area contributed by atoms with Gasteiger partial charge in [0, 0.05) is 22.2 Å². The van der Waals surface area contributed by atoms with Crippen LogP contribution in [-0.2, 0) is 18.3 Å². The van der Waals surface area contributed by atoms with Crippen LogP contribution in [0.5, 0.6) is 0 Å². The fourth-order valence-corrected chi connectivity index (χ4v) is 6.85.